The zero-order valence-electron chi connectivity index (χ0n) is 12.2. The van der Waals surface area contributed by atoms with Gasteiger partial charge in [0.2, 0.25) is 0 Å². The van der Waals surface area contributed by atoms with Crippen LogP contribution in [0, 0.1) is 0 Å². The summed E-state index contributed by atoms with van der Waals surface area (Å²) in [5.74, 6) is 1.39. The number of benzene rings is 2. The number of imidazole rings is 2. The van der Waals surface area contributed by atoms with E-state index in [0.29, 0.717) is 5.82 Å². The Morgan fingerprint density at radius 2 is 1.61 bits per heavy atom. The molecule has 2 aromatic carbocycles. The molecule has 2 aromatic heterocycles. The van der Waals surface area contributed by atoms with Crippen molar-refractivity contribution in [1.82, 2.24) is 19.9 Å². The molecule has 5 heteroatoms. The second-order valence-corrected chi connectivity index (χ2v) is 5.23. The largest absolute Gasteiger partial charge is 0.515 e. The standard InChI is InChI=1S/C18H14N4O/c1-2-17-19-13-5-3-11(9-15(13)21-17)12-4-6-14-16(10-12)22-18(20-14)7-8-23/h2-10,23H,1H2,(H,19,21)(H,20,22). The van der Waals surface area contributed by atoms with E-state index in [1.807, 2.05) is 30.3 Å². The van der Waals surface area contributed by atoms with E-state index in [1.165, 1.54) is 6.08 Å². The van der Waals surface area contributed by atoms with Crippen LogP contribution < -0.4 is 0 Å². The van der Waals surface area contributed by atoms with Gasteiger partial charge in [-0.3, -0.25) is 0 Å². The summed E-state index contributed by atoms with van der Waals surface area (Å²) in [6.45, 7) is 3.73. The van der Waals surface area contributed by atoms with E-state index >= 15 is 0 Å². The van der Waals surface area contributed by atoms with Crippen LogP contribution >= 0.6 is 0 Å². The molecule has 0 spiro atoms. The van der Waals surface area contributed by atoms with Gasteiger partial charge in [-0.25, -0.2) is 9.97 Å². The summed E-state index contributed by atoms with van der Waals surface area (Å²) in [6.07, 6.45) is 4.20. The number of H-pyrrole nitrogens is 2. The normalized spacial score (nSPS) is 11.7. The van der Waals surface area contributed by atoms with E-state index in [0.717, 1.165) is 45.3 Å². The molecule has 0 saturated heterocycles. The number of hydrogen-bond donors (Lipinski definition) is 3. The Hall–Kier alpha value is -3.34. The monoisotopic (exact) mass is 302 g/mol. The van der Waals surface area contributed by atoms with Gasteiger partial charge in [0.05, 0.1) is 28.3 Å². The molecule has 0 saturated carbocycles. The Bertz CT molecular complexity index is 1060. The Morgan fingerprint density at radius 1 is 0.870 bits per heavy atom. The van der Waals surface area contributed by atoms with Gasteiger partial charge in [0, 0.05) is 6.08 Å². The van der Waals surface area contributed by atoms with E-state index in [2.05, 4.69) is 32.6 Å². The average Bonchev–Trinajstić information content (AvgIpc) is 3.16. The second kappa shape index (κ2) is 5.14. The van der Waals surface area contributed by atoms with Crippen LogP contribution in [0.5, 0.6) is 0 Å². The summed E-state index contributed by atoms with van der Waals surface area (Å²) < 4.78 is 0. The number of aromatic nitrogens is 4. The zero-order chi connectivity index (χ0) is 15.8. The highest BCUT2D eigenvalue weighted by Gasteiger charge is 2.06. The summed E-state index contributed by atoms with van der Waals surface area (Å²) in [4.78, 5) is 15.2. The molecule has 0 bridgehead atoms. The Labute approximate surface area is 132 Å². The molecule has 2 heterocycles. The van der Waals surface area contributed by atoms with Crippen LogP contribution in [0.15, 0.2) is 49.2 Å². The van der Waals surface area contributed by atoms with Crippen LogP contribution in [0.1, 0.15) is 11.6 Å². The Balaban J connectivity index is 1.82. The highest BCUT2D eigenvalue weighted by Crippen LogP contribution is 2.26. The van der Waals surface area contributed by atoms with E-state index < -0.39 is 0 Å². The second-order valence-electron chi connectivity index (χ2n) is 5.23. The van der Waals surface area contributed by atoms with Crippen molar-refractivity contribution in [3.8, 4) is 11.1 Å². The third kappa shape index (κ3) is 2.28. The third-order valence-corrected chi connectivity index (χ3v) is 3.76. The summed E-state index contributed by atoms with van der Waals surface area (Å²) in [6, 6.07) is 12.1. The number of fused-ring (bicyclic) bond motifs is 2. The van der Waals surface area contributed by atoms with E-state index in [4.69, 9.17) is 5.11 Å². The fraction of sp³-hybridized carbons (Fsp3) is 0. The molecule has 112 valence electrons. The number of nitrogens with zero attached hydrogens (tertiary/aromatic N) is 2. The molecule has 3 N–H and O–H groups in total. The van der Waals surface area contributed by atoms with Gasteiger partial charge in [0.25, 0.3) is 0 Å². The van der Waals surface area contributed by atoms with Crippen molar-refractivity contribution in [2.24, 2.45) is 0 Å². The summed E-state index contributed by atoms with van der Waals surface area (Å²) in [5, 5.41) is 8.84. The third-order valence-electron chi connectivity index (χ3n) is 3.76. The number of aromatic amines is 2. The van der Waals surface area contributed by atoms with Crippen molar-refractivity contribution in [3.05, 3.63) is 60.9 Å². The highest BCUT2D eigenvalue weighted by atomic mass is 16.2. The van der Waals surface area contributed by atoms with Crippen molar-refractivity contribution in [2.75, 3.05) is 0 Å². The maximum atomic E-state index is 8.84. The van der Waals surface area contributed by atoms with Crippen molar-refractivity contribution in [1.29, 1.82) is 0 Å². The predicted molar refractivity (Wildman–Crippen MR) is 92.9 cm³/mol. The van der Waals surface area contributed by atoms with Crippen LogP contribution in [0.4, 0.5) is 0 Å². The van der Waals surface area contributed by atoms with E-state index in [1.54, 1.807) is 6.08 Å². The molecule has 0 aliphatic carbocycles. The number of aliphatic hydroxyl groups excluding tert-OH is 1. The lowest BCUT2D eigenvalue weighted by Crippen LogP contribution is -1.79. The summed E-state index contributed by atoms with van der Waals surface area (Å²) in [5.41, 5.74) is 5.83. The maximum Gasteiger partial charge on any atom is 0.134 e. The van der Waals surface area contributed by atoms with Crippen LogP contribution in [0.2, 0.25) is 0 Å². The number of nitrogens with one attached hydrogen (secondary N) is 2. The molecular formula is C18H14N4O. The summed E-state index contributed by atoms with van der Waals surface area (Å²) >= 11 is 0. The van der Waals surface area contributed by atoms with E-state index in [9.17, 15) is 0 Å². The first-order valence-corrected chi connectivity index (χ1v) is 7.20. The first-order valence-electron chi connectivity index (χ1n) is 7.20. The Kier molecular flexibility index (Phi) is 2.98. The molecule has 0 aliphatic rings. The topological polar surface area (TPSA) is 77.6 Å². The molecule has 4 rings (SSSR count). The SMILES string of the molecule is C=Cc1nc2ccc(-c3ccc4[nH]c(C=CO)nc4c3)cc2[nH]1. The molecule has 5 nitrogen and oxygen atoms in total. The first kappa shape index (κ1) is 13.3. The molecule has 0 unspecified atom stereocenters. The van der Waals surface area contributed by atoms with Gasteiger partial charge in [-0.2, -0.15) is 0 Å². The summed E-state index contributed by atoms with van der Waals surface area (Å²) in [7, 11) is 0. The minimum absolute atomic E-state index is 0.624. The van der Waals surface area contributed by atoms with Crippen molar-refractivity contribution >= 4 is 34.2 Å². The average molecular weight is 302 g/mol. The van der Waals surface area contributed by atoms with Crippen molar-refractivity contribution < 1.29 is 5.11 Å². The fourth-order valence-corrected chi connectivity index (χ4v) is 2.66. The minimum atomic E-state index is 0.624. The molecule has 0 atom stereocenters. The van der Waals surface area contributed by atoms with Crippen molar-refractivity contribution in [3.63, 3.8) is 0 Å². The van der Waals surface area contributed by atoms with Gasteiger partial charge in [0.1, 0.15) is 11.6 Å². The lowest BCUT2D eigenvalue weighted by molar-refractivity contribution is 0.478. The molecule has 23 heavy (non-hydrogen) atoms. The fourth-order valence-electron chi connectivity index (χ4n) is 2.66. The minimum Gasteiger partial charge on any atom is -0.515 e. The predicted octanol–water partition coefficient (Wildman–Crippen LogP) is 4.28. The molecular weight excluding hydrogens is 288 g/mol. The van der Waals surface area contributed by atoms with Gasteiger partial charge in [-0.15, -0.1) is 0 Å². The maximum absolute atomic E-state index is 8.84. The van der Waals surface area contributed by atoms with Gasteiger partial charge in [-0.1, -0.05) is 18.7 Å². The van der Waals surface area contributed by atoms with E-state index in [-0.39, 0.29) is 0 Å². The van der Waals surface area contributed by atoms with Gasteiger partial charge in [0.15, 0.2) is 0 Å². The van der Waals surface area contributed by atoms with Crippen LogP contribution in [0.3, 0.4) is 0 Å². The van der Waals surface area contributed by atoms with Crippen molar-refractivity contribution in [2.45, 2.75) is 0 Å². The van der Waals surface area contributed by atoms with Crippen LogP contribution in [0.25, 0.3) is 45.3 Å². The lowest BCUT2D eigenvalue weighted by atomic mass is 10.0. The van der Waals surface area contributed by atoms with Gasteiger partial charge >= 0.3 is 0 Å². The molecule has 0 aliphatic heterocycles. The smallest absolute Gasteiger partial charge is 0.134 e. The lowest BCUT2D eigenvalue weighted by Gasteiger charge is -2.01. The quantitative estimate of drug-likeness (QED) is 0.494. The number of aliphatic hydroxyl groups is 1. The Morgan fingerprint density at radius 3 is 2.43 bits per heavy atom. The number of hydrogen-bond acceptors (Lipinski definition) is 3. The molecule has 0 fully saturated rings. The van der Waals surface area contributed by atoms with Crippen LogP contribution in [-0.2, 0) is 0 Å². The molecule has 4 aromatic rings. The molecule has 0 radical (unpaired) electrons. The van der Waals surface area contributed by atoms with Gasteiger partial charge in [-0.05, 0) is 41.5 Å². The van der Waals surface area contributed by atoms with Gasteiger partial charge < -0.3 is 15.1 Å². The van der Waals surface area contributed by atoms with Crippen LogP contribution in [-0.4, -0.2) is 25.0 Å². The zero-order valence-corrected chi connectivity index (χ0v) is 12.2. The molecule has 0 amide bonds. The first-order chi connectivity index (χ1) is 11.3. The highest BCUT2D eigenvalue weighted by molar-refractivity contribution is 5.87. The number of rotatable bonds is 3.